The number of carbonyl (C=O) groups is 1. The van der Waals surface area contributed by atoms with Crippen molar-refractivity contribution in [1.82, 2.24) is 15.3 Å². The SMILES string of the molecule is CC(C)(C)OC(=O)N[C@H]1CCCN(c2ccnc(Cl)n2)C1. The number of hydrogen-bond donors (Lipinski definition) is 1. The predicted octanol–water partition coefficient (Wildman–Crippen LogP) is 2.62. The van der Waals surface area contributed by atoms with E-state index < -0.39 is 5.60 Å². The largest absolute Gasteiger partial charge is 0.444 e. The lowest BCUT2D eigenvalue weighted by atomic mass is 10.1. The van der Waals surface area contributed by atoms with Crippen LogP contribution in [0.4, 0.5) is 10.6 Å². The molecule has 0 unspecified atom stereocenters. The Morgan fingerprint density at radius 1 is 1.52 bits per heavy atom. The van der Waals surface area contributed by atoms with Gasteiger partial charge in [-0.2, -0.15) is 0 Å². The summed E-state index contributed by atoms with van der Waals surface area (Å²) in [5.74, 6) is 0.783. The molecule has 1 fully saturated rings. The Labute approximate surface area is 129 Å². The first-order chi connectivity index (χ1) is 9.83. The number of carbonyl (C=O) groups excluding carboxylic acids is 1. The van der Waals surface area contributed by atoms with E-state index in [0.717, 1.165) is 25.2 Å². The summed E-state index contributed by atoms with van der Waals surface area (Å²) in [7, 11) is 0. The first-order valence-corrected chi connectivity index (χ1v) is 7.44. The van der Waals surface area contributed by atoms with Crippen LogP contribution < -0.4 is 10.2 Å². The van der Waals surface area contributed by atoms with Gasteiger partial charge in [-0.3, -0.25) is 0 Å². The molecular weight excluding hydrogens is 292 g/mol. The molecule has 1 aliphatic heterocycles. The molecule has 0 bridgehead atoms. The highest BCUT2D eigenvalue weighted by molar-refractivity contribution is 6.28. The van der Waals surface area contributed by atoms with Gasteiger partial charge in [-0.1, -0.05) is 0 Å². The number of anilines is 1. The lowest BCUT2D eigenvalue weighted by molar-refractivity contribution is 0.0500. The van der Waals surface area contributed by atoms with Crippen molar-refractivity contribution in [2.24, 2.45) is 0 Å². The molecule has 0 spiro atoms. The van der Waals surface area contributed by atoms with Crippen LogP contribution >= 0.6 is 11.6 Å². The molecule has 0 radical (unpaired) electrons. The standard InChI is InChI=1S/C14H21ClN4O2/c1-14(2,3)21-13(20)17-10-5-4-8-19(9-10)11-6-7-16-12(15)18-11/h6-7,10H,4-5,8-9H2,1-3H3,(H,17,20)/t10-/m0/s1. The zero-order chi connectivity index (χ0) is 15.5. The van der Waals surface area contributed by atoms with Crippen LogP contribution in [-0.2, 0) is 4.74 Å². The van der Waals surface area contributed by atoms with Crippen LogP contribution in [0.15, 0.2) is 12.3 Å². The third-order valence-corrected chi connectivity index (χ3v) is 3.26. The molecule has 7 heteroatoms. The number of nitrogens with one attached hydrogen (secondary N) is 1. The van der Waals surface area contributed by atoms with Gasteiger partial charge in [0.25, 0.3) is 0 Å². The summed E-state index contributed by atoms with van der Waals surface area (Å²) in [6.45, 7) is 7.13. The lowest BCUT2D eigenvalue weighted by Crippen LogP contribution is -2.49. The van der Waals surface area contributed by atoms with E-state index in [1.54, 1.807) is 6.20 Å². The van der Waals surface area contributed by atoms with Crippen LogP contribution in [0.25, 0.3) is 0 Å². The van der Waals surface area contributed by atoms with Crippen molar-refractivity contribution in [3.63, 3.8) is 0 Å². The Balaban J connectivity index is 1.93. The minimum Gasteiger partial charge on any atom is -0.444 e. The highest BCUT2D eigenvalue weighted by Crippen LogP contribution is 2.19. The Hall–Kier alpha value is -1.56. The highest BCUT2D eigenvalue weighted by atomic mass is 35.5. The van der Waals surface area contributed by atoms with Gasteiger partial charge in [-0.15, -0.1) is 0 Å². The van der Waals surface area contributed by atoms with E-state index in [9.17, 15) is 4.79 Å². The molecule has 1 aromatic rings. The molecule has 0 saturated carbocycles. The summed E-state index contributed by atoms with van der Waals surface area (Å²) in [6, 6.07) is 1.87. The molecule has 2 rings (SSSR count). The molecule has 1 amide bonds. The maximum atomic E-state index is 11.8. The number of alkyl carbamates (subject to hydrolysis) is 1. The summed E-state index contributed by atoms with van der Waals surface area (Å²) < 4.78 is 5.29. The fraction of sp³-hybridized carbons (Fsp3) is 0.643. The van der Waals surface area contributed by atoms with E-state index >= 15 is 0 Å². The van der Waals surface area contributed by atoms with Gasteiger partial charge in [0.05, 0.1) is 0 Å². The van der Waals surface area contributed by atoms with Crippen molar-refractivity contribution in [2.75, 3.05) is 18.0 Å². The average Bonchev–Trinajstić information content (AvgIpc) is 2.36. The quantitative estimate of drug-likeness (QED) is 0.850. The Morgan fingerprint density at radius 3 is 2.95 bits per heavy atom. The van der Waals surface area contributed by atoms with Crippen LogP contribution in [0.3, 0.4) is 0 Å². The van der Waals surface area contributed by atoms with Crippen molar-refractivity contribution >= 4 is 23.5 Å². The predicted molar refractivity (Wildman–Crippen MR) is 81.6 cm³/mol. The van der Waals surface area contributed by atoms with Crippen molar-refractivity contribution in [3.05, 3.63) is 17.5 Å². The lowest BCUT2D eigenvalue weighted by Gasteiger charge is -2.34. The van der Waals surface area contributed by atoms with Crippen LogP contribution in [0, 0.1) is 0 Å². The van der Waals surface area contributed by atoms with Gasteiger partial charge in [0.15, 0.2) is 0 Å². The van der Waals surface area contributed by atoms with Gasteiger partial charge < -0.3 is 15.0 Å². The number of piperidine rings is 1. The van der Waals surface area contributed by atoms with E-state index in [2.05, 4.69) is 20.2 Å². The zero-order valence-electron chi connectivity index (χ0n) is 12.6. The summed E-state index contributed by atoms with van der Waals surface area (Å²) in [4.78, 5) is 22.0. The maximum Gasteiger partial charge on any atom is 0.407 e. The van der Waals surface area contributed by atoms with Gasteiger partial charge in [0, 0.05) is 25.3 Å². The Kier molecular flexibility index (Phi) is 4.88. The van der Waals surface area contributed by atoms with Crippen molar-refractivity contribution < 1.29 is 9.53 Å². The summed E-state index contributed by atoms with van der Waals surface area (Å²) in [6.07, 6.45) is 3.15. The van der Waals surface area contributed by atoms with E-state index in [1.165, 1.54) is 0 Å². The molecule has 21 heavy (non-hydrogen) atoms. The van der Waals surface area contributed by atoms with Crippen LogP contribution in [0.2, 0.25) is 5.28 Å². The van der Waals surface area contributed by atoms with Crippen LogP contribution in [0.5, 0.6) is 0 Å². The number of amides is 1. The topological polar surface area (TPSA) is 67.3 Å². The number of rotatable bonds is 2. The number of ether oxygens (including phenoxy) is 1. The van der Waals surface area contributed by atoms with Crippen molar-refractivity contribution in [1.29, 1.82) is 0 Å². The molecule has 1 atom stereocenters. The zero-order valence-corrected chi connectivity index (χ0v) is 13.4. The minimum absolute atomic E-state index is 0.0438. The third-order valence-electron chi connectivity index (χ3n) is 3.08. The number of hydrogen-bond acceptors (Lipinski definition) is 5. The third kappa shape index (κ3) is 5.04. The fourth-order valence-electron chi connectivity index (χ4n) is 2.28. The van der Waals surface area contributed by atoms with E-state index in [1.807, 2.05) is 26.8 Å². The number of halogens is 1. The molecule has 1 aliphatic rings. The van der Waals surface area contributed by atoms with Gasteiger partial charge >= 0.3 is 6.09 Å². The smallest absolute Gasteiger partial charge is 0.407 e. The van der Waals surface area contributed by atoms with E-state index in [-0.39, 0.29) is 17.4 Å². The normalized spacial score (nSPS) is 19.2. The molecule has 0 aromatic carbocycles. The van der Waals surface area contributed by atoms with Crippen molar-refractivity contribution in [3.8, 4) is 0 Å². The molecule has 1 saturated heterocycles. The molecule has 1 N–H and O–H groups in total. The number of nitrogens with zero attached hydrogens (tertiary/aromatic N) is 3. The first-order valence-electron chi connectivity index (χ1n) is 7.06. The summed E-state index contributed by atoms with van der Waals surface area (Å²) in [5.41, 5.74) is -0.487. The van der Waals surface area contributed by atoms with Gasteiger partial charge in [-0.25, -0.2) is 14.8 Å². The maximum absolute atomic E-state index is 11.8. The van der Waals surface area contributed by atoms with Crippen LogP contribution in [-0.4, -0.2) is 40.8 Å². The summed E-state index contributed by atoms with van der Waals surface area (Å²) >= 11 is 5.82. The van der Waals surface area contributed by atoms with Gasteiger partial charge in [0.2, 0.25) is 5.28 Å². The second-order valence-corrected chi connectivity index (χ2v) is 6.45. The van der Waals surface area contributed by atoms with Crippen molar-refractivity contribution in [2.45, 2.75) is 45.3 Å². The molecule has 0 aliphatic carbocycles. The minimum atomic E-state index is -0.487. The Morgan fingerprint density at radius 2 is 2.29 bits per heavy atom. The van der Waals surface area contributed by atoms with Gasteiger partial charge in [0.1, 0.15) is 11.4 Å². The molecule has 6 nitrogen and oxygen atoms in total. The van der Waals surface area contributed by atoms with Crippen LogP contribution in [0.1, 0.15) is 33.6 Å². The Bertz CT molecular complexity index is 504. The second-order valence-electron chi connectivity index (χ2n) is 6.12. The molecule has 1 aromatic heterocycles. The van der Waals surface area contributed by atoms with E-state index in [4.69, 9.17) is 16.3 Å². The monoisotopic (exact) mass is 312 g/mol. The first kappa shape index (κ1) is 15.8. The highest BCUT2D eigenvalue weighted by Gasteiger charge is 2.24. The molecular formula is C14H21ClN4O2. The second kappa shape index (κ2) is 6.47. The summed E-state index contributed by atoms with van der Waals surface area (Å²) in [5, 5.41) is 3.14. The average molecular weight is 313 g/mol. The van der Waals surface area contributed by atoms with Gasteiger partial charge in [-0.05, 0) is 51.3 Å². The number of aromatic nitrogens is 2. The molecule has 2 heterocycles. The molecule has 116 valence electrons. The van der Waals surface area contributed by atoms with E-state index in [0.29, 0.717) is 6.54 Å². The fourth-order valence-corrected chi connectivity index (χ4v) is 2.42.